The van der Waals surface area contributed by atoms with Gasteiger partial charge < -0.3 is 9.64 Å². The average Bonchev–Trinajstić information content (AvgIpc) is 2.59. The zero-order chi connectivity index (χ0) is 18.4. The SMILES string of the molecule is CN(C)C(=O)/C(C#N)=C\c1ccc(OCc2ccc(Br)cc2)c(I)c1. The highest BCUT2D eigenvalue weighted by atomic mass is 127. The second-order valence-electron chi connectivity index (χ2n) is 5.47. The number of nitrogens with zero attached hydrogens (tertiary/aromatic N) is 2. The molecule has 25 heavy (non-hydrogen) atoms. The van der Waals surface area contributed by atoms with Crippen LogP contribution in [0.3, 0.4) is 0 Å². The molecule has 0 radical (unpaired) electrons. The minimum atomic E-state index is -0.312. The summed E-state index contributed by atoms with van der Waals surface area (Å²) < 4.78 is 7.80. The Morgan fingerprint density at radius 2 is 1.96 bits per heavy atom. The Balaban J connectivity index is 2.13. The van der Waals surface area contributed by atoms with Crippen molar-refractivity contribution >= 4 is 50.5 Å². The van der Waals surface area contributed by atoms with Crippen molar-refractivity contribution in [2.45, 2.75) is 6.61 Å². The van der Waals surface area contributed by atoms with E-state index in [0.717, 1.165) is 24.9 Å². The minimum Gasteiger partial charge on any atom is -0.488 e. The number of hydrogen-bond acceptors (Lipinski definition) is 3. The molecule has 0 atom stereocenters. The highest BCUT2D eigenvalue weighted by molar-refractivity contribution is 14.1. The number of ether oxygens (including phenoxy) is 1. The van der Waals surface area contributed by atoms with Gasteiger partial charge in [0.1, 0.15) is 24.0 Å². The van der Waals surface area contributed by atoms with Crippen molar-refractivity contribution in [2.75, 3.05) is 14.1 Å². The fourth-order valence-corrected chi connectivity index (χ4v) is 2.97. The van der Waals surface area contributed by atoms with Gasteiger partial charge in [-0.2, -0.15) is 5.26 Å². The van der Waals surface area contributed by atoms with E-state index in [1.165, 1.54) is 4.90 Å². The Hall–Kier alpha value is -1.85. The van der Waals surface area contributed by atoms with Crippen molar-refractivity contribution in [3.05, 3.63) is 67.2 Å². The van der Waals surface area contributed by atoms with Gasteiger partial charge in [-0.3, -0.25) is 4.79 Å². The van der Waals surface area contributed by atoms with E-state index in [0.29, 0.717) is 6.61 Å². The molecule has 1 amide bonds. The van der Waals surface area contributed by atoms with Crippen LogP contribution < -0.4 is 4.74 Å². The van der Waals surface area contributed by atoms with Gasteiger partial charge in [0, 0.05) is 18.6 Å². The van der Waals surface area contributed by atoms with Gasteiger partial charge in [-0.05, 0) is 64.1 Å². The van der Waals surface area contributed by atoms with E-state index in [1.54, 1.807) is 20.2 Å². The van der Waals surface area contributed by atoms with Gasteiger partial charge in [-0.25, -0.2) is 0 Å². The van der Waals surface area contributed by atoms with E-state index in [2.05, 4.69) is 38.5 Å². The van der Waals surface area contributed by atoms with Crippen LogP contribution in [0.1, 0.15) is 11.1 Å². The number of hydrogen-bond donors (Lipinski definition) is 0. The van der Waals surface area contributed by atoms with Crippen molar-refractivity contribution in [2.24, 2.45) is 0 Å². The summed E-state index contributed by atoms with van der Waals surface area (Å²) in [6.07, 6.45) is 1.59. The fourth-order valence-electron chi connectivity index (χ4n) is 2.02. The van der Waals surface area contributed by atoms with E-state index in [9.17, 15) is 4.79 Å². The highest BCUT2D eigenvalue weighted by Gasteiger charge is 2.11. The third-order valence-corrected chi connectivity index (χ3v) is 4.70. The Bertz CT molecular complexity index is 839. The summed E-state index contributed by atoms with van der Waals surface area (Å²) in [5.74, 6) is 0.450. The molecule has 2 aromatic rings. The van der Waals surface area contributed by atoms with Gasteiger partial charge in [0.2, 0.25) is 0 Å². The third-order valence-electron chi connectivity index (χ3n) is 3.33. The molecule has 0 spiro atoms. The van der Waals surface area contributed by atoms with E-state index in [1.807, 2.05) is 48.5 Å². The minimum absolute atomic E-state index is 0.101. The van der Waals surface area contributed by atoms with Crippen molar-refractivity contribution in [1.29, 1.82) is 5.26 Å². The van der Waals surface area contributed by atoms with E-state index in [4.69, 9.17) is 10.00 Å². The van der Waals surface area contributed by atoms with Gasteiger partial charge in [-0.1, -0.05) is 34.1 Å². The molecule has 4 nitrogen and oxygen atoms in total. The highest BCUT2D eigenvalue weighted by Crippen LogP contribution is 2.24. The van der Waals surface area contributed by atoms with Gasteiger partial charge in [0.25, 0.3) is 5.91 Å². The van der Waals surface area contributed by atoms with Gasteiger partial charge in [0.15, 0.2) is 0 Å². The van der Waals surface area contributed by atoms with Crippen LogP contribution in [0.25, 0.3) is 6.08 Å². The molecule has 0 saturated heterocycles. The van der Waals surface area contributed by atoms with Crippen LogP contribution in [-0.4, -0.2) is 24.9 Å². The average molecular weight is 511 g/mol. The van der Waals surface area contributed by atoms with Gasteiger partial charge in [0.05, 0.1) is 3.57 Å². The van der Waals surface area contributed by atoms with E-state index in [-0.39, 0.29) is 11.5 Å². The second kappa shape index (κ2) is 9.02. The molecule has 2 rings (SSSR count). The number of likely N-dealkylation sites (N-methyl/N-ethyl adjacent to an activating group) is 1. The van der Waals surface area contributed by atoms with Crippen molar-refractivity contribution in [3.63, 3.8) is 0 Å². The lowest BCUT2D eigenvalue weighted by atomic mass is 10.1. The van der Waals surface area contributed by atoms with Crippen LogP contribution in [0.15, 0.2) is 52.5 Å². The first kappa shape index (κ1) is 19.5. The van der Waals surface area contributed by atoms with Crippen LogP contribution in [0, 0.1) is 14.9 Å². The van der Waals surface area contributed by atoms with Gasteiger partial charge in [-0.15, -0.1) is 0 Å². The summed E-state index contributed by atoms with van der Waals surface area (Å²) in [6.45, 7) is 0.473. The quantitative estimate of drug-likeness (QED) is 0.335. The molecule has 0 aliphatic carbocycles. The fraction of sp³-hybridized carbons (Fsp3) is 0.158. The largest absolute Gasteiger partial charge is 0.488 e. The lowest BCUT2D eigenvalue weighted by Crippen LogP contribution is -2.22. The number of nitriles is 1. The molecule has 128 valence electrons. The number of halogens is 2. The number of amides is 1. The lowest BCUT2D eigenvalue weighted by molar-refractivity contribution is -0.124. The summed E-state index contributed by atoms with van der Waals surface area (Å²) in [7, 11) is 3.24. The first-order chi connectivity index (χ1) is 11.9. The Kier molecular flexibility index (Phi) is 7.02. The standard InChI is InChI=1S/C19H16BrIN2O2/c1-23(2)19(24)15(11-22)9-14-5-8-18(17(21)10-14)25-12-13-3-6-16(20)7-4-13/h3-10H,12H2,1-2H3/b15-9-. The number of carbonyl (C=O) groups excluding carboxylic acids is 1. The van der Waals surface area contributed by atoms with Crippen LogP contribution in [0.2, 0.25) is 0 Å². The Morgan fingerprint density at radius 1 is 1.28 bits per heavy atom. The summed E-state index contributed by atoms with van der Waals surface area (Å²) in [5.41, 5.74) is 1.96. The zero-order valence-electron chi connectivity index (χ0n) is 13.8. The molecule has 0 saturated carbocycles. The molecular formula is C19H16BrIN2O2. The van der Waals surface area contributed by atoms with Crippen LogP contribution >= 0.6 is 38.5 Å². The molecule has 0 unspecified atom stereocenters. The third kappa shape index (κ3) is 5.58. The lowest BCUT2D eigenvalue weighted by Gasteiger charge is -2.10. The van der Waals surface area contributed by atoms with E-state index < -0.39 is 0 Å². The summed E-state index contributed by atoms with van der Waals surface area (Å²) in [5, 5.41) is 9.16. The predicted octanol–water partition coefficient (Wildman–Crippen LogP) is 4.63. The topological polar surface area (TPSA) is 53.3 Å². The summed E-state index contributed by atoms with van der Waals surface area (Å²) >= 11 is 5.59. The number of benzene rings is 2. The Morgan fingerprint density at radius 3 is 2.52 bits per heavy atom. The van der Waals surface area contributed by atoms with Crippen LogP contribution in [-0.2, 0) is 11.4 Å². The normalized spacial score (nSPS) is 10.9. The van der Waals surface area contributed by atoms with Crippen molar-refractivity contribution < 1.29 is 9.53 Å². The first-order valence-corrected chi connectivity index (χ1v) is 9.28. The maximum absolute atomic E-state index is 11.9. The summed E-state index contributed by atoms with van der Waals surface area (Å²) in [4.78, 5) is 13.3. The van der Waals surface area contributed by atoms with Crippen molar-refractivity contribution in [3.8, 4) is 11.8 Å². The van der Waals surface area contributed by atoms with Crippen LogP contribution in [0.4, 0.5) is 0 Å². The van der Waals surface area contributed by atoms with Crippen LogP contribution in [0.5, 0.6) is 5.75 Å². The second-order valence-corrected chi connectivity index (χ2v) is 7.55. The van der Waals surface area contributed by atoms with Gasteiger partial charge >= 0.3 is 0 Å². The molecular weight excluding hydrogens is 495 g/mol. The van der Waals surface area contributed by atoms with E-state index >= 15 is 0 Å². The first-order valence-electron chi connectivity index (χ1n) is 7.41. The molecule has 0 heterocycles. The molecule has 0 fully saturated rings. The maximum Gasteiger partial charge on any atom is 0.264 e. The molecule has 0 aromatic heterocycles. The Labute approximate surface area is 169 Å². The predicted molar refractivity (Wildman–Crippen MR) is 110 cm³/mol. The maximum atomic E-state index is 11.9. The van der Waals surface area contributed by atoms with Crippen molar-refractivity contribution in [1.82, 2.24) is 4.90 Å². The molecule has 6 heteroatoms. The molecule has 0 N–H and O–H groups in total. The molecule has 0 aliphatic heterocycles. The zero-order valence-corrected chi connectivity index (χ0v) is 17.5. The molecule has 0 aliphatic rings. The number of rotatable bonds is 5. The number of carbonyl (C=O) groups is 1. The summed E-state index contributed by atoms with van der Waals surface area (Å²) in [6, 6.07) is 15.5. The molecule has 0 bridgehead atoms. The monoisotopic (exact) mass is 510 g/mol. The molecule has 2 aromatic carbocycles. The smallest absolute Gasteiger partial charge is 0.264 e.